The van der Waals surface area contributed by atoms with Crippen LogP contribution in [-0.4, -0.2) is 0 Å². The summed E-state index contributed by atoms with van der Waals surface area (Å²) in [6.45, 7) is 15.0. The standard InChI is InChI=1S/C5H5.3C2H5.5CH3.Hf/c1-2-4-5-3-1;3*1-2;;;;;;/h1-3H,4H2;3*1H2,2H3;5*1H3;/q9*-1;. The van der Waals surface area contributed by atoms with Gasteiger partial charge in [0, 0.05) is 25.8 Å². The minimum atomic E-state index is 0. The van der Waals surface area contributed by atoms with Crippen LogP contribution in [0.15, 0.2) is 18.2 Å². The van der Waals surface area contributed by atoms with Crippen LogP contribution in [0.2, 0.25) is 0 Å². The molecule has 0 fully saturated rings. The maximum atomic E-state index is 3.25. The molecule has 0 unspecified atom stereocenters. The van der Waals surface area contributed by atoms with Crippen LogP contribution in [0.4, 0.5) is 0 Å². The molecule has 0 aromatic heterocycles. The van der Waals surface area contributed by atoms with E-state index in [9.17, 15) is 0 Å². The van der Waals surface area contributed by atoms with Crippen molar-refractivity contribution < 1.29 is 25.8 Å². The predicted molar refractivity (Wildman–Crippen MR) is 86.7 cm³/mol. The molecule has 0 saturated carbocycles. The van der Waals surface area contributed by atoms with Gasteiger partial charge in [-0.1, -0.05) is 0 Å². The van der Waals surface area contributed by atoms with Crippen LogP contribution in [0.5, 0.6) is 0 Å². The van der Waals surface area contributed by atoms with E-state index in [-0.39, 0.29) is 63.0 Å². The number of hydrogen-bond donors (Lipinski definition) is 0. The molecule has 1 aliphatic carbocycles. The van der Waals surface area contributed by atoms with Gasteiger partial charge >= 0.3 is 0 Å². The average molecular weight is 406 g/mol. The van der Waals surface area contributed by atoms with Crippen LogP contribution in [-0.2, 0) is 25.8 Å². The van der Waals surface area contributed by atoms with E-state index >= 15 is 0 Å². The summed E-state index contributed by atoms with van der Waals surface area (Å²) in [7, 11) is 0. The summed E-state index contributed by atoms with van der Waals surface area (Å²) < 4.78 is 0. The molecule has 0 atom stereocenters. The summed E-state index contributed by atoms with van der Waals surface area (Å²) in [5, 5.41) is 0. The smallest absolute Gasteiger partial charge is 0 e. The average Bonchev–Trinajstić information content (AvgIpc) is 2.71. The molecule has 0 amide bonds. The van der Waals surface area contributed by atoms with Gasteiger partial charge in [-0.3, -0.25) is 6.08 Å². The van der Waals surface area contributed by atoms with Crippen LogP contribution in [0.3, 0.4) is 0 Å². The summed E-state index contributed by atoms with van der Waals surface area (Å²) in [5.41, 5.74) is 0. The van der Waals surface area contributed by atoms with Gasteiger partial charge in [0.15, 0.2) is 0 Å². The fourth-order valence-corrected chi connectivity index (χ4v) is 0.340. The van der Waals surface area contributed by atoms with E-state index in [4.69, 9.17) is 0 Å². The normalized spacial score (nSPS) is 6.24. The predicted octanol–water partition coefficient (Wildman–Crippen LogP) is 6.08. The van der Waals surface area contributed by atoms with Crippen LogP contribution in [0.1, 0.15) is 27.2 Å². The summed E-state index contributed by atoms with van der Waals surface area (Å²) >= 11 is 0. The van der Waals surface area contributed by atoms with E-state index in [1.165, 1.54) is 0 Å². The topological polar surface area (TPSA) is 0 Å². The van der Waals surface area contributed by atoms with Gasteiger partial charge in [0.25, 0.3) is 0 Å². The molecule has 0 bridgehead atoms. The molecule has 0 heterocycles. The molecule has 1 rings (SSSR count). The Bertz CT molecular complexity index is 63.6. The maximum Gasteiger partial charge on any atom is 0 e. The zero-order chi connectivity index (χ0) is 9.54. The van der Waals surface area contributed by atoms with Gasteiger partial charge in [-0.2, -0.15) is 26.8 Å². The van der Waals surface area contributed by atoms with Crippen molar-refractivity contribution in [2.24, 2.45) is 0 Å². The molecule has 112 valence electrons. The minimum Gasteiger partial charge on any atom is -0.358 e. The van der Waals surface area contributed by atoms with E-state index in [1.54, 1.807) is 20.8 Å². The summed E-state index contributed by atoms with van der Waals surface area (Å²) in [6.07, 6.45) is 10.0. The zero-order valence-corrected chi connectivity index (χ0v) is 17.2. The SMILES string of the molecule is [C-]1=CC=CC1.[CH2-]C.[CH2-]C.[CH2-]C.[CH3-].[CH3-].[CH3-].[CH3-].[CH3-].[Hf]. The summed E-state index contributed by atoms with van der Waals surface area (Å²) in [4.78, 5) is 0. The van der Waals surface area contributed by atoms with Crippen molar-refractivity contribution in [2.45, 2.75) is 27.2 Å². The Balaban J connectivity index is -0.00000000705. The molecule has 0 radical (unpaired) electrons. The van der Waals surface area contributed by atoms with E-state index in [2.05, 4.69) is 32.9 Å². The Morgan fingerprint density at radius 3 is 1.12 bits per heavy atom. The van der Waals surface area contributed by atoms with Crippen LogP contribution in [0.25, 0.3) is 0 Å². The van der Waals surface area contributed by atoms with Gasteiger partial charge in [-0.15, -0.1) is 6.42 Å². The third-order valence-electron chi connectivity index (χ3n) is 0.586. The molecule has 17 heavy (non-hydrogen) atoms. The Labute approximate surface area is 135 Å². The molecule has 1 heteroatoms. The van der Waals surface area contributed by atoms with E-state index in [1.807, 2.05) is 12.2 Å². The van der Waals surface area contributed by atoms with Crippen molar-refractivity contribution in [3.8, 4) is 0 Å². The second kappa shape index (κ2) is 135. The number of rotatable bonds is 0. The van der Waals surface area contributed by atoms with Gasteiger partial charge in [0.2, 0.25) is 0 Å². The summed E-state index contributed by atoms with van der Waals surface area (Å²) in [6, 6.07) is 0. The molecule has 0 aromatic carbocycles. The second-order valence-corrected chi connectivity index (χ2v) is 1.00. The monoisotopic (exact) mass is 407 g/mol. The van der Waals surface area contributed by atoms with Crippen molar-refractivity contribution in [3.63, 3.8) is 0 Å². The first-order chi connectivity index (χ1) is 5.50. The molecule has 0 aromatic rings. The Hall–Kier alpha value is 0.350. The molecular formula is C16H35Hf-9. The zero-order valence-electron chi connectivity index (χ0n) is 13.6. The third-order valence-corrected chi connectivity index (χ3v) is 0.586. The van der Waals surface area contributed by atoms with Crippen LogP contribution < -0.4 is 0 Å². The second-order valence-electron chi connectivity index (χ2n) is 1.00. The molecule has 0 saturated heterocycles. The van der Waals surface area contributed by atoms with Crippen LogP contribution >= 0.6 is 0 Å². The maximum absolute atomic E-state index is 3.25. The van der Waals surface area contributed by atoms with Crippen molar-refractivity contribution >= 4 is 0 Å². The van der Waals surface area contributed by atoms with Gasteiger partial charge in [-0.05, 0) is 0 Å². The quantitative estimate of drug-likeness (QED) is 0.338. The molecule has 0 spiro atoms. The van der Waals surface area contributed by atoms with E-state index in [0.717, 1.165) is 6.42 Å². The van der Waals surface area contributed by atoms with Gasteiger partial charge in [-0.25, -0.2) is 12.2 Å². The van der Waals surface area contributed by atoms with Crippen molar-refractivity contribution in [1.82, 2.24) is 0 Å². The Morgan fingerprint density at radius 2 is 1.06 bits per heavy atom. The molecule has 1 aliphatic rings. The Morgan fingerprint density at radius 1 is 0.765 bits per heavy atom. The number of allylic oxidation sites excluding steroid dienone is 4. The van der Waals surface area contributed by atoms with Crippen molar-refractivity contribution in [3.05, 3.63) is 82.2 Å². The van der Waals surface area contributed by atoms with Gasteiger partial charge < -0.3 is 57.9 Å². The van der Waals surface area contributed by atoms with Crippen molar-refractivity contribution in [2.75, 3.05) is 0 Å². The Kier molecular flexibility index (Phi) is 527. The molecule has 0 nitrogen and oxygen atoms in total. The van der Waals surface area contributed by atoms with E-state index in [0.29, 0.717) is 0 Å². The molecule has 0 aliphatic heterocycles. The first kappa shape index (κ1) is 66.5. The fraction of sp³-hybridized carbons (Fsp3) is 0.250. The number of hydrogen-bond acceptors (Lipinski definition) is 0. The van der Waals surface area contributed by atoms with Crippen molar-refractivity contribution in [1.29, 1.82) is 0 Å². The summed E-state index contributed by atoms with van der Waals surface area (Å²) in [5.74, 6) is 0. The molecular weight excluding hydrogens is 371 g/mol. The first-order valence-electron chi connectivity index (χ1n) is 3.84. The fourth-order valence-electron chi connectivity index (χ4n) is 0.340. The van der Waals surface area contributed by atoms with Gasteiger partial charge in [0.1, 0.15) is 0 Å². The van der Waals surface area contributed by atoms with Crippen LogP contribution in [0, 0.1) is 64.0 Å². The minimum absolute atomic E-state index is 0. The first-order valence-corrected chi connectivity index (χ1v) is 3.84. The van der Waals surface area contributed by atoms with Gasteiger partial charge in [0.05, 0.1) is 0 Å². The molecule has 0 N–H and O–H groups in total. The largest absolute Gasteiger partial charge is 0.358 e. The van der Waals surface area contributed by atoms with E-state index < -0.39 is 0 Å². The third kappa shape index (κ3) is 118.